The Bertz CT molecular complexity index is 440. The average molecular weight is 341 g/mol. The fourth-order valence-corrected chi connectivity index (χ4v) is 2.23. The topological polar surface area (TPSA) is 32.3 Å². The molecule has 1 N–H and O–H groups in total. The molecule has 0 unspecified atom stereocenters. The Morgan fingerprint density at radius 2 is 1.95 bits per heavy atom. The highest BCUT2D eigenvalue weighted by molar-refractivity contribution is 9.10. The second kappa shape index (κ2) is 7.79. The van der Waals surface area contributed by atoms with Crippen LogP contribution in [-0.2, 0) is 11.3 Å². The summed E-state index contributed by atoms with van der Waals surface area (Å²) in [7, 11) is 1.85. The van der Waals surface area contributed by atoms with Gasteiger partial charge in [0, 0.05) is 37.6 Å². The van der Waals surface area contributed by atoms with Crippen molar-refractivity contribution in [1.82, 2.24) is 10.2 Å². The van der Waals surface area contributed by atoms with Crippen LogP contribution in [0.2, 0.25) is 0 Å². The first-order valence-electron chi connectivity index (χ1n) is 6.98. The average Bonchev–Trinajstić information content (AvgIpc) is 2.36. The van der Waals surface area contributed by atoms with E-state index in [9.17, 15) is 4.79 Å². The molecule has 0 fully saturated rings. The maximum absolute atomic E-state index is 12.1. The molecular formula is C16H25BrN2O. The van der Waals surface area contributed by atoms with Gasteiger partial charge >= 0.3 is 0 Å². The summed E-state index contributed by atoms with van der Waals surface area (Å²) in [5, 5.41) is 3.33. The fraction of sp³-hybridized carbons (Fsp3) is 0.562. The Kier molecular flexibility index (Phi) is 6.69. The van der Waals surface area contributed by atoms with E-state index in [1.54, 1.807) is 4.90 Å². The molecule has 3 nitrogen and oxygen atoms in total. The molecule has 0 aliphatic carbocycles. The third-order valence-electron chi connectivity index (χ3n) is 2.96. The maximum atomic E-state index is 12.1. The summed E-state index contributed by atoms with van der Waals surface area (Å²) in [5.41, 5.74) is 1.38. The molecule has 0 bridgehead atoms. The van der Waals surface area contributed by atoms with Gasteiger partial charge in [0.05, 0.1) is 0 Å². The van der Waals surface area contributed by atoms with Crippen LogP contribution in [0.25, 0.3) is 0 Å². The van der Waals surface area contributed by atoms with Gasteiger partial charge in [-0.3, -0.25) is 4.79 Å². The molecule has 0 aliphatic rings. The van der Waals surface area contributed by atoms with Gasteiger partial charge in [0.1, 0.15) is 0 Å². The van der Waals surface area contributed by atoms with Crippen LogP contribution >= 0.6 is 15.9 Å². The first-order chi connectivity index (χ1) is 9.29. The molecule has 0 radical (unpaired) electrons. The van der Waals surface area contributed by atoms with Crippen molar-refractivity contribution >= 4 is 21.8 Å². The molecule has 0 aliphatic heterocycles. The van der Waals surface area contributed by atoms with Crippen molar-refractivity contribution in [2.45, 2.75) is 33.7 Å². The number of amides is 1. The molecule has 0 saturated heterocycles. The van der Waals surface area contributed by atoms with Crippen LogP contribution < -0.4 is 5.32 Å². The third-order valence-corrected chi connectivity index (χ3v) is 3.74. The Labute approximate surface area is 130 Å². The predicted octanol–water partition coefficient (Wildman–Crippen LogP) is 3.43. The van der Waals surface area contributed by atoms with E-state index in [1.807, 2.05) is 31.3 Å². The first kappa shape index (κ1) is 17.2. The number of hydrogen-bond donors (Lipinski definition) is 1. The van der Waals surface area contributed by atoms with E-state index in [-0.39, 0.29) is 11.3 Å². The molecule has 112 valence electrons. The summed E-state index contributed by atoms with van der Waals surface area (Å²) in [6.07, 6.45) is 0.539. The lowest BCUT2D eigenvalue weighted by molar-refractivity contribution is -0.130. The number of carbonyl (C=O) groups is 1. The summed E-state index contributed by atoms with van der Waals surface area (Å²) >= 11 is 3.51. The Morgan fingerprint density at radius 1 is 1.30 bits per heavy atom. The van der Waals surface area contributed by atoms with Crippen LogP contribution in [0.1, 0.15) is 32.8 Å². The van der Waals surface area contributed by atoms with Crippen LogP contribution in [0.3, 0.4) is 0 Å². The zero-order valence-electron chi connectivity index (χ0n) is 12.9. The van der Waals surface area contributed by atoms with Gasteiger partial charge in [0.2, 0.25) is 5.91 Å². The van der Waals surface area contributed by atoms with Gasteiger partial charge in [-0.05, 0) is 17.0 Å². The zero-order chi connectivity index (χ0) is 15.2. The highest BCUT2D eigenvalue weighted by Crippen LogP contribution is 2.17. The smallest absolute Gasteiger partial charge is 0.223 e. The number of hydrogen-bond acceptors (Lipinski definition) is 2. The van der Waals surface area contributed by atoms with Gasteiger partial charge in [-0.15, -0.1) is 0 Å². The number of benzene rings is 1. The van der Waals surface area contributed by atoms with Crippen molar-refractivity contribution in [3.05, 3.63) is 34.3 Å². The van der Waals surface area contributed by atoms with E-state index in [4.69, 9.17) is 0 Å². The Balaban J connectivity index is 2.35. The molecule has 1 rings (SSSR count). The Hall–Kier alpha value is -0.870. The van der Waals surface area contributed by atoms with E-state index >= 15 is 0 Å². The molecule has 1 aromatic carbocycles. The van der Waals surface area contributed by atoms with Crippen LogP contribution in [0.4, 0.5) is 0 Å². The van der Waals surface area contributed by atoms with Crippen molar-refractivity contribution < 1.29 is 4.79 Å². The number of nitrogens with zero attached hydrogens (tertiary/aromatic N) is 1. The van der Waals surface area contributed by atoms with E-state index in [0.717, 1.165) is 23.1 Å². The first-order valence-corrected chi connectivity index (χ1v) is 7.77. The summed E-state index contributed by atoms with van der Waals surface area (Å²) in [5.74, 6) is 0.169. The largest absolute Gasteiger partial charge is 0.341 e. The summed E-state index contributed by atoms with van der Waals surface area (Å²) in [4.78, 5) is 13.8. The van der Waals surface area contributed by atoms with Gasteiger partial charge < -0.3 is 10.2 Å². The fourth-order valence-electron chi connectivity index (χ4n) is 1.82. The molecule has 0 heterocycles. The highest BCUT2D eigenvalue weighted by atomic mass is 79.9. The van der Waals surface area contributed by atoms with E-state index in [2.05, 4.69) is 42.0 Å². The molecule has 4 heteroatoms. The van der Waals surface area contributed by atoms with Crippen molar-refractivity contribution in [1.29, 1.82) is 0 Å². The van der Waals surface area contributed by atoms with Crippen LogP contribution in [0, 0.1) is 5.41 Å². The Morgan fingerprint density at radius 3 is 2.55 bits per heavy atom. The minimum atomic E-state index is 0.169. The number of halogens is 1. The minimum Gasteiger partial charge on any atom is -0.341 e. The standard InChI is InChI=1S/C16H25BrN2O/c1-16(2,3)12-18-10-9-15(20)19(4)11-13-7-5-6-8-14(13)17/h5-8,18H,9-12H2,1-4H3. The number of rotatable bonds is 6. The summed E-state index contributed by atoms with van der Waals surface area (Å²) < 4.78 is 1.05. The van der Waals surface area contributed by atoms with Gasteiger partial charge in [0.15, 0.2) is 0 Å². The number of nitrogens with one attached hydrogen (secondary N) is 1. The van der Waals surface area contributed by atoms with Crippen molar-refractivity contribution in [3.8, 4) is 0 Å². The zero-order valence-corrected chi connectivity index (χ0v) is 14.5. The van der Waals surface area contributed by atoms with Crippen molar-refractivity contribution in [2.75, 3.05) is 20.1 Å². The SMILES string of the molecule is CN(Cc1ccccc1Br)C(=O)CCNCC(C)(C)C. The van der Waals surface area contributed by atoms with Gasteiger partial charge in [-0.25, -0.2) is 0 Å². The minimum absolute atomic E-state index is 0.169. The van der Waals surface area contributed by atoms with Gasteiger partial charge in [-0.2, -0.15) is 0 Å². The molecule has 0 spiro atoms. The molecule has 1 aromatic rings. The lowest BCUT2D eigenvalue weighted by atomic mass is 9.97. The van der Waals surface area contributed by atoms with Crippen LogP contribution in [0.5, 0.6) is 0 Å². The van der Waals surface area contributed by atoms with E-state index in [0.29, 0.717) is 13.0 Å². The maximum Gasteiger partial charge on any atom is 0.223 e. The van der Waals surface area contributed by atoms with Crippen molar-refractivity contribution in [2.24, 2.45) is 5.41 Å². The van der Waals surface area contributed by atoms with E-state index < -0.39 is 0 Å². The molecule has 0 aromatic heterocycles. The quantitative estimate of drug-likeness (QED) is 0.804. The summed E-state index contributed by atoms with van der Waals surface area (Å²) in [6, 6.07) is 8.00. The number of carbonyl (C=O) groups excluding carboxylic acids is 1. The molecule has 0 atom stereocenters. The normalized spacial score (nSPS) is 11.4. The highest BCUT2D eigenvalue weighted by Gasteiger charge is 2.12. The predicted molar refractivity (Wildman–Crippen MR) is 87.6 cm³/mol. The van der Waals surface area contributed by atoms with E-state index in [1.165, 1.54) is 0 Å². The van der Waals surface area contributed by atoms with Crippen LogP contribution in [0.15, 0.2) is 28.7 Å². The molecule has 0 saturated carbocycles. The molecule has 20 heavy (non-hydrogen) atoms. The van der Waals surface area contributed by atoms with Crippen molar-refractivity contribution in [3.63, 3.8) is 0 Å². The summed E-state index contributed by atoms with van der Waals surface area (Å²) in [6.45, 7) is 8.84. The van der Waals surface area contributed by atoms with Gasteiger partial charge in [0.25, 0.3) is 0 Å². The second-order valence-corrected chi connectivity index (χ2v) is 7.18. The lowest BCUT2D eigenvalue weighted by Crippen LogP contribution is -2.32. The van der Waals surface area contributed by atoms with Crippen LogP contribution in [-0.4, -0.2) is 30.9 Å². The second-order valence-electron chi connectivity index (χ2n) is 6.33. The van der Waals surface area contributed by atoms with Gasteiger partial charge in [-0.1, -0.05) is 54.9 Å². The molecule has 1 amide bonds. The lowest BCUT2D eigenvalue weighted by Gasteiger charge is -2.20. The molecular weight excluding hydrogens is 316 g/mol. The monoisotopic (exact) mass is 340 g/mol. The third kappa shape index (κ3) is 6.53.